The average Bonchev–Trinajstić information content (AvgIpc) is 3.29. The summed E-state index contributed by atoms with van der Waals surface area (Å²) in [7, 11) is 0. The Labute approximate surface area is 151 Å². The molecule has 132 valence electrons. The fraction of sp³-hybridized carbons (Fsp3) is 0.333. The lowest BCUT2D eigenvalue weighted by Crippen LogP contribution is -2.43. The first-order valence-corrected chi connectivity index (χ1v) is 8.60. The van der Waals surface area contributed by atoms with Gasteiger partial charge in [0, 0.05) is 11.6 Å². The minimum atomic E-state index is -0.400. The third kappa shape index (κ3) is 4.54. The molecule has 3 rings (SSSR count). The predicted molar refractivity (Wildman–Crippen MR) is 94.1 cm³/mol. The van der Waals surface area contributed by atoms with Crippen molar-refractivity contribution < 1.29 is 14.0 Å². The molecule has 3 amide bonds. The molecule has 2 aromatic rings. The molecular formula is C18H20ClN3O3. The highest BCUT2D eigenvalue weighted by Gasteiger charge is 2.29. The van der Waals surface area contributed by atoms with Crippen LogP contribution in [0.1, 0.15) is 30.2 Å². The van der Waals surface area contributed by atoms with Crippen molar-refractivity contribution in [1.29, 1.82) is 0 Å². The summed E-state index contributed by atoms with van der Waals surface area (Å²) in [5.74, 6) is 0.553. The van der Waals surface area contributed by atoms with Gasteiger partial charge in [0.2, 0.25) is 5.91 Å². The zero-order valence-electron chi connectivity index (χ0n) is 13.7. The summed E-state index contributed by atoms with van der Waals surface area (Å²) in [4.78, 5) is 26.1. The van der Waals surface area contributed by atoms with Gasteiger partial charge in [-0.25, -0.2) is 4.79 Å². The molecule has 0 saturated carbocycles. The van der Waals surface area contributed by atoms with Crippen LogP contribution in [0.4, 0.5) is 4.79 Å². The summed E-state index contributed by atoms with van der Waals surface area (Å²) >= 11 is 6.05. The van der Waals surface area contributed by atoms with Crippen molar-refractivity contribution in [1.82, 2.24) is 15.5 Å². The van der Waals surface area contributed by atoms with E-state index in [0.29, 0.717) is 17.3 Å². The first-order valence-electron chi connectivity index (χ1n) is 8.22. The highest BCUT2D eigenvalue weighted by atomic mass is 35.5. The second-order valence-electron chi connectivity index (χ2n) is 5.92. The number of amides is 3. The van der Waals surface area contributed by atoms with Gasteiger partial charge in [-0.2, -0.15) is 0 Å². The SMILES string of the molecule is O=C(NCC(=O)N1CCCC1c1cccc(Cl)c1)NCc1ccco1. The number of furan rings is 1. The van der Waals surface area contributed by atoms with Crippen LogP contribution < -0.4 is 10.6 Å². The molecule has 0 bridgehead atoms. The maximum absolute atomic E-state index is 12.5. The molecule has 1 fully saturated rings. The monoisotopic (exact) mass is 361 g/mol. The second kappa shape index (κ2) is 8.07. The van der Waals surface area contributed by atoms with E-state index in [0.717, 1.165) is 18.4 Å². The Bertz CT molecular complexity index is 733. The molecule has 6 nitrogen and oxygen atoms in total. The topological polar surface area (TPSA) is 74.6 Å². The first-order chi connectivity index (χ1) is 12.1. The van der Waals surface area contributed by atoms with Gasteiger partial charge in [-0.1, -0.05) is 23.7 Å². The standard InChI is InChI=1S/C18H20ClN3O3/c19-14-5-1-4-13(10-14)16-7-2-8-22(16)17(23)12-21-18(24)20-11-15-6-3-9-25-15/h1,3-6,9-10,16H,2,7-8,11-12H2,(H2,20,21,24). The van der Waals surface area contributed by atoms with E-state index in [9.17, 15) is 9.59 Å². The Hall–Kier alpha value is -2.47. The minimum absolute atomic E-state index is 0.0131. The number of hydrogen-bond acceptors (Lipinski definition) is 3. The van der Waals surface area contributed by atoms with Gasteiger partial charge in [0.25, 0.3) is 0 Å². The van der Waals surface area contributed by atoms with Crippen molar-refractivity contribution >= 4 is 23.5 Å². The van der Waals surface area contributed by atoms with Crippen LogP contribution >= 0.6 is 11.6 Å². The molecule has 2 heterocycles. The normalized spacial score (nSPS) is 16.7. The number of halogens is 1. The Morgan fingerprint density at radius 2 is 2.12 bits per heavy atom. The largest absolute Gasteiger partial charge is 0.467 e. The molecule has 1 aromatic carbocycles. The highest BCUT2D eigenvalue weighted by molar-refractivity contribution is 6.30. The van der Waals surface area contributed by atoms with Crippen LogP contribution in [0.3, 0.4) is 0 Å². The Morgan fingerprint density at radius 1 is 1.24 bits per heavy atom. The van der Waals surface area contributed by atoms with Gasteiger partial charge in [0.05, 0.1) is 25.4 Å². The van der Waals surface area contributed by atoms with E-state index in [-0.39, 0.29) is 25.0 Å². The summed E-state index contributed by atoms with van der Waals surface area (Å²) < 4.78 is 5.14. The van der Waals surface area contributed by atoms with E-state index >= 15 is 0 Å². The molecule has 0 radical (unpaired) electrons. The maximum Gasteiger partial charge on any atom is 0.315 e. The zero-order chi connectivity index (χ0) is 17.6. The smallest absolute Gasteiger partial charge is 0.315 e. The van der Waals surface area contributed by atoms with Crippen LogP contribution in [0.15, 0.2) is 47.1 Å². The fourth-order valence-corrected chi connectivity index (χ4v) is 3.22. The van der Waals surface area contributed by atoms with Gasteiger partial charge in [0.15, 0.2) is 0 Å². The van der Waals surface area contributed by atoms with Crippen molar-refractivity contribution in [3.8, 4) is 0 Å². The Morgan fingerprint density at radius 3 is 2.88 bits per heavy atom. The quantitative estimate of drug-likeness (QED) is 0.859. The zero-order valence-corrected chi connectivity index (χ0v) is 14.5. The van der Waals surface area contributed by atoms with Crippen LogP contribution in [-0.2, 0) is 11.3 Å². The fourth-order valence-electron chi connectivity index (χ4n) is 3.03. The lowest BCUT2D eigenvalue weighted by Gasteiger charge is -2.25. The lowest BCUT2D eigenvalue weighted by molar-refractivity contribution is -0.131. The third-order valence-corrected chi connectivity index (χ3v) is 4.45. The van der Waals surface area contributed by atoms with E-state index in [1.165, 1.54) is 0 Å². The Balaban J connectivity index is 1.50. The number of carbonyl (C=O) groups is 2. The lowest BCUT2D eigenvalue weighted by atomic mass is 10.0. The van der Waals surface area contributed by atoms with Crippen LogP contribution in [0, 0.1) is 0 Å². The summed E-state index contributed by atoms with van der Waals surface area (Å²) in [6.45, 7) is 0.925. The van der Waals surface area contributed by atoms with Gasteiger partial charge in [-0.3, -0.25) is 4.79 Å². The summed E-state index contributed by atoms with van der Waals surface area (Å²) in [6, 6.07) is 10.7. The second-order valence-corrected chi connectivity index (χ2v) is 6.35. The van der Waals surface area contributed by atoms with Crippen molar-refractivity contribution in [3.63, 3.8) is 0 Å². The molecule has 25 heavy (non-hydrogen) atoms. The molecule has 1 atom stereocenters. The molecule has 7 heteroatoms. The highest BCUT2D eigenvalue weighted by Crippen LogP contribution is 2.32. The van der Waals surface area contributed by atoms with E-state index in [4.69, 9.17) is 16.0 Å². The number of urea groups is 1. The molecule has 1 aliphatic heterocycles. The number of carbonyl (C=O) groups excluding carboxylic acids is 2. The number of nitrogens with zero attached hydrogens (tertiary/aromatic N) is 1. The van der Waals surface area contributed by atoms with E-state index in [1.807, 2.05) is 24.3 Å². The van der Waals surface area contributed by atoms with Gasteiger partial charge in [-0.05, 0) is 42.7 Å². The maximum atomic E-state index is 12.5. The van der Waals surface area contributed by atoms with Gasteiger partial charge in [0.1, 0.15) is 5.76 Å². The molecule has 2 N–H and O–H groups in total. The van der Waals surface area contributed by atoms with Crippen molar-refractivity contribution in [2.45, 2.75) is 25.4 Å². The number of rotatable bonds is 5. The number of hydrogen-bond donors (Lipinski definition) is 2. The number of benzene rings is 1. The molecule has 1 aliphatic rings. The number of likely N-dealkylation sites (tertiary alicyclic amines) is 1. The molecule has 0 spiro atoms. The minimum Gasteiger partial charge on any atom is -0.467 e. The average molecular weight is 362 g/mol. The Kier molecular flexibility index (Phi) is 5.60. The summed E-state index contributed by atoms with van der Waals surface area (Å²) in [5.41, 5.74) is 1.03. The summed E-state index contributed by atoms with van der Waals surface area (Å²) in [5, 5.41) is 5.91. The molecule has 1 unspecified atom stereocenters. The van der Waals surface area contributed by atoms with Gasteiger partial charge < -0.3 is 20.0 Å². The molecule has 1 saturated heterocycles. The molecular weight excluding hydrogens is 342 g/mol. The van der Waals surface area contributed by atoms with Crippen molar-refractivity contribution in [3.05, 3.63) is 59.0 Å². The summed E-state index contributed by atoms with van der Waals surface area (Å²) in [6.07, 6.45) is 3.38. The predicted octanol–water partition coefficient (Wildman–Crippen LogP) is 3.10. The van der Waals surface area contributed by atoms with Crippen LogP contribution in [0.2, 0.25) is 5.02 Å². The van der Waals surface area contributed by atoms with Crippen molar-refractivity contribution in [2.24, 2.45) is 0 Å². The number of nitrogens with one attached hydrogen (secondary N) is 2. The first kappa shape index (κ1) is 17.4. The van der Waals surface area contributed by atoms with Gasteiger partial charge >= 0.3 is 6.03 Å². The molecule has 1 aromatic heterocycles. The van der Waals surface area contributed by atoms with Crippen LogP contribution in [-0.4, -0.2) is 29.9 Å². The van der Waals surface area contributed by atoms with E-state index in [1.54, 1.807) is 23.3 Å². The van der Waals surface area contributed by atoms with Gasteiger partial charge in [-0.15, -0.1) is 0 Å². The van der Waals surface area contributed by atoms with Crippen LogP contribution in [0.5, 0.6) is 0 Å². The molecule has 0 aliphatic carbocycles. The van der Waals surface area contributed by atoms with Crippen LogP contribution in [0.25, 0.3) is 0 Å². The van der Waals surface area contributed by atoms with E-state index < -0.39 is 6.03 Å². The third-order valence-electron chi connectivity index (χ3n) is 4.21. The van der Waals surface area contributed by atoms with E-state index in [2.05, 4.69) is 10.6 Å². The van der Waals surface area contributed by atoms with Crippen molar-refractivity contribution in [2.75, 3.05) is 13.1 Å².